The molecule has 1 aliphatic carbocycles. The minimum atomic E-state index is -3.49. The molecule has 1 amide bonds. The van der Waals surface area contributed by atoms with Gasteiger partial charge >= 0.3 is 0 Å². The Balaban J connectivity index is 1.99. The van der Waals surface area contributed by atoms with Crippen LogP contribution in [0.2, 0.25) is 5.02 Å². The second-order valence-electron chi connectivity index (χ2n) is 6.58. The first-order valence-corrected chi connectivity index (χ1v) is 10.8. The molecule has 0 saturated heterocycles. The number of sulfone groups is 1. The molecule has 0 spiro atoms. The van der Waals surface area contributed by atoms with Crippen LogP contribution in [-0.4, -0.2) is 36.3 Å². The van der Waals surface area contributed by atoms with Crippen molar-refractivity contribution in [1.82, 2.24) is 9.97 Å². The third-order valence-corrected chi connectivity index (χ3v) is 5.96. The van der Waals surface area contributed by atoms with Crippen LogP contribution in [-0.2, 0) is 19.4 Å². The largest absolute Gasteiger partial charge is 0.305 e. The lowest BCUT2D eigenvalue weighted by atomic mass is 9.98. The molecule has 2 aromatic rings. The number of benzene rings is 1. The van der Waals surface area contributed by atoms with E-state index in [1.165, 1.54) is 36.8 Å². The zero-order valence-electron chi connectivity index (χ0n) is 15.1. The Morgan fingerprint density at radius 3 is 2.68 bits per heavy atom. The normalized spacial score (nSPS) is 17.6. The average Bonchev–Trinajstić information content (AvgIpc) is 3.04. The molecule has 9 heteroatoms. The Labute approximate surface area is 167 Å². The van der Waals surface area contributed by atoms with E-state index < -0.39 is 15.7 Å². The molecular weight excluding hydrogens is 402 g/mol. The van der Waals surface area contributed by atoms with Crippen molar-refractivity contribution < 1.29 is 18.0 Å². The minimum absolute atomic E-state index is 0.0114. The Morgan fingerprint density at radius 2 is 2.11 bits per heavy atom. The van der Waals surface area contributed by atoms with E-state index in [0.29, 0.717) is 30.4 Å². The van der Waals surface area contributed by atoms with Gasteiger partial charge in [-0.3, -0.25) is 14.6 Å². The van der Waals surface area contributed by atoms with Gasteiger partial charge in [-0.2, -0.15) is 0 Å². The molecule has 1 heterocycles. The highest BCUT2D eigenvalue weighted by Crippen LogP contribution is 2.30. The van der Waals surface area contributed by atoms with Crippen molar-refractivity contribution in [3.8, 4) is 0 Å². The molecule has 1 fully saturated rings. The zero-order chi connectivity index (χ0) is 20.3. The molecule has 0 unspecified atom stereocenters. The highest BCUT2D eigenvalue weighted by atomic mass is 35.5. The van der Waals surface area contributed by atoms with Gasteiger partial charge in [0, 0.05) is 37.1 Å². The smallest absolute Gasteiger partial charge is 0.257 e. The Kier molecular flexibility index (Phi) is 5.90. The molecule has 1 N–H and O–H groups in total. The van der Waals surface area contributed by atoms with Crippen molar-refractivity contribution in [3.63, 3.8) is 0 Å². The number of ketones is 1. The molecular formula is C19H18ClN3O4S. The summed E-state index contributed by atoms with van der Waals surface area (Å²) >= 11 is 6.15. The summed E-state index contributed by atoms with van der Waals surface area (Å²) < 4.78 is 23.6. The van der Waals surface area contributed by atoms with E-state index in [2.05, 4.69) is 15.3 Å². The molecule has 146 valence electrons. The second kappa shape index (κ2) is 8.20. The number of rotatable bonds is 5. The van der Waals surface area contributed by atoms with Crippen LogP contribution in [0.25, 0.3) is 5.57 Å². The van der Waals surface area contributed by atoms with Crippen LogP contribution in [0, 0.1) is 5.92 Å². The monoisotopic (exact) mass is 419 g/mol. The van der Waals surface area contributed by atoms with Gasteiger partial charge in [0.25, 0.3) is 5.91 Å². The van der Waals surface area contributed by atoms with Crippen LogP contribution in [0.15, 0.2) is 47.8 Å². The van der Waals surface area contributed by atoms with Crippen molar-refractivity contribution in [2.45, 2.75) is 24.2 Å². The molecule has 7 nitrogen and oxygen atoms in total. The fraction of sp³-hybridized carbons (Fsp3) is 0.263. The molecule has 0 radical (unpaired) electrons. The highest BCUT2D eigenvalue weighted by molar-refractivity contribution is 7.90. The number of carbonyl (C=O) groups is 2. The summed E-state index contributed by atoms with van der Waals surface area (Å²) in [4.78, 5) is 32.4. The summed E-state index contributed by atoms with van der Waals surface area (Å²) in [5, 5.41) is 2.69. The second-order valence-corrected chi connectivity index (χ2v) is 8.98. The molecule has 0 aliphatic heterocycles. The first-order chi connectivity index (χ1) is 13.2. The van der Waals surface area contributed by atoms with Gasteiger partial charge in [0.15, 0.2) is 15.7 Å². The van der Waals surface area contributed by atoms with Crippen LogP contribution in [0.4, 0.5) is 5.82 Å². The maximum absolute atomic E-state index is 12.9. The van der Waals surface area contributed by atoms with Gasteiger partial charge in [0.2, 0.25) is 0 Å². The minimum Gasteiger partial charge on any atom is -0.305 e. The van der Waals surface area contributed by atoms with E-state index in [-0.39, 0.29) is 27.4 Å². The summed E-state index contributed by atoms with van der Waals surface area (Å²) in [6, 6.07) is 4.34. The van der Waals surface area contributed by atoms with Crippen molar-refractivity contribution in [3.05, 3.63) is 53.5 Å². The van der Waals surface area contributed by atoms with Crippen molar-refractivity contribution in [2.24, 2.45) is 5.92 Å². The van der Waals surface area contributed by atoms with Crippen LogP contribution in [0.5, 0.6) is 0 Å². The topological polar surface area (TPSA) is 106 Å². The number of aromatic nitrogens is 2. The average molecular weight is 420 g/mol. The maximum atomic E-state index is 12.9. The van der Waals surface area contributed by atoms with E-state index in [9.17, 15) is 18.0 Å². The third-order valence-electron chi connectivity index (χ3n) is 4.38. The lowest BCUT2D eigenvalue weighted by molar-refractivity contribution is -0.117. The quantitative estimate of drug-likeness (QED) is 0.747. The van der Waals surface area contributed by atoms with Gasteiger partial charge in [0.1, 0.15) is 5.78 Å². The van der Waals surface area contributed by atoms with E-state index >= 15 is 0 Å². The van der Waals surface area contributed by atoms with Gasteiger partial charge in [-0.1, -0.05) is 23.7 Å². The summed E-state index contributed by atoms with van der Waals surface area (Å²) in [5.74, 6) is -0.0772. The number of allylic oxidation sites excluding steroid dienone is 1. The van der Waals surface area contributed by atoms with Crippen LogP contribution >= 0.6 is 11.6 Å². The third kappa shape index (κ3) is 4.82. The van der Waals surface area contributed by atoms with Crippen molar-refractivity contribution in [1.29, 1.82) is 0 Å². The fourth-order valence-corrected chi connectivity index (χ4v) is 4.37. The van der Waals surface area contributed by atoms with Crippen LogP contribution in [0.3, 0.4) is 0 Å². The predicted octanol–water partition coefficient (Wildman–Crippen LogP) is 2.92. The number of amides is 1. The Bertz CT molecular complexity index is 1050. The van der Waals surface area contributed by atoms with E-state index in [0.717, 1.165) is 6.26 Å². The zero-order valence-corrected chi connectivity index (χ0v) is 16.6. The SMILES string of the molecule is CS(=O)(=O)c1ccc(/C(=C\[C@H]2CCC(=O)C2)C(=O)Nc2cnccn2)cc1Cl. The van der Waals surface area contributed by atoms with Crippen LogP contribution < -0.4 is 5.32 Å². The number of carbonyl (C=O) groups excluding carboxylic acids is 2. The number of nitrogens with zero attached hydrogens (tertiary/aromatic N) is 2. The number of nitrogens with one attached hydrogen (secondary N) is 1. The van der Waals surface area contributed by atoms with Crippen molar-refractivity contribution >= 4 is 44.5 Å². The summed E-state index contributed by atoms with van der Waals surface area (Å²) in [6.45, 7) is 0. The van der Waals surface area contributed by atoms with Gasteiger partial charge in [-0.15, -0.1) is 0 Å². The fourth-order valence-electron chi connectivity index (χ4n) is 3.04. The number of Topliss-reactive ketones (excluding diaryl/α,β-unsaturated/α-hetero) is 1. The number of anilines is 1. The van der Waals surface area contributed by atoms with E-state index in [4.69, 9.17) is 11.6 Å². The standard InChI is InChI=1S/C19H18ClN3O4S/c1-28(26,27)17-5-3-13(10-16(17)20)15(9-12-2-4-14(24)8-12)19(25)23-18-11-21-6-7-22-18/h3,5-7,9-12H,2,4,8H2,1H3,(H,22,23,25)/b15-9+/t12-/m0/s1. The van der Waals surface area contributed by atoms with E-state index in [1.807, 2.05) is 0 Å². The summed E-state index contributed by atoms with van der Waals surface area (Å²) in [6.07, 6.45) is 8.67. The number of halogens is 1. The highest BCUT2D eigenvalue weighted by Gasteiger charge is 2.24. The van der Waals surface area contributed by atoms with Crippen molar-refractivity contribution in [2.75, 3.05) is 11.6 Å². The lowest BCUT2D eigenvalue weighted by Crippen LogP contribution is -2.16. The van der Waals surface area contributed by atoms with Gasteiger partial charge < -0.3 is 5.32 Å². The lowest BCUT2D eigenvalue weighted by Gasteiger charge is -2.12. The molecule has 0 bridgehead atoms. The first kappa shape index (κ1) is 20.2. The number of hydrogen-bond acceptors (Lipinski definition) is 6. The summed E-state index contributed by atoms with van der Waals surface area (Å²) in [7, 11) is -3.49. The van der Waals surface area contributed by atoms with Crippen LogP contribution in [0.1, 0.15) is 24.8 Å². The Morgan fingerprint density at radius 1 is 1.32 bits per heavy atom. The van der Waals surface area contributed by atoms with Gasteiger partial charge in [0.05, 0.1) is 16.1 Å². The summed E-state index contributed by atoms with van der Waals surface area (Å²) in [5.41, 5.74) is 0.755. The van der Waals surface area contributed by atoms with E-state index in [1.54, 1.807) is 6.08 Å². The molecule has 28 heavy (non-hydrogen) atoms. The molecule has 1 aromatic carbocycles. The molecule has 3 rings (SSSR count). The molecule has 1 saturated carbocycles. The van der Waals surface area contributed by atoms with Gasteiger partial charge in [-0.25, -0.2) is 13.4 Å². The molecule has 1 atom stereocenters. The van der Waals surface area contributed by atoms with Gasteiger partial charge in [-0.05, 0) is 30.0 Å². The molecule has 1 aliphatic rings. The first-order valence-electron chi connectivity index (χ1n) is 8.55. The molecule has 1 aromatic heterocycles. The predicted molar refractivity (Wildman–Crippen MR) is 106 cm³/mol. The maximum Gasteiger partial charge on any atom is 0.257 e. The number of hydrogen-bond donors (Lipinski definition) is 1. The Hall–Kier alpha value is -2.58.